The molecular weight excluding hydrogens is 336 g/mol. The number of ether oxygens (including phenoxy) is 1. The first-order valence-corrected chi connectivity index (χ1v) is 8.65. The third kappa shape index (κ3) is 5.94. The number of nitrogens with one attached hydrogen (secondary N) is 2. The lowest BCUT2D eigenvalue weighted by Gasteiger charge is -2.23. The molecule has 0 atom stereocenters. The molecule has 144 valence electrons. The van der Waals surface area contributed by atoms with Gasteiger partial charge in [-0.25, -0.2) is 4.79 Å². The minimum atomic E-state index is -0.545. The fraction of sp³-hybridized carbons (Fsp3) is 0.500. The average molecular weight is 364 g/mol. The Morgan fingerprint density at radius 1 is 1.08 bits per heavy atom. The van der Waals surface area contributed by atoms with Crippen molar-refractivity contribution in [3.8, 4) is 0 Å². The Morgan fingerprint density at radius 3 is 2.27 bits per heavy atom. The monoisotopic (exact) mass is 364 g/mol. The van der Waals surface area contributed by atoms with Crippen molar-refractivity contribution in [3.05, 3.63) is 23.8 Å². The first-order chi connectivity index (χ1) is 12.3. The number of anilines is 2. The summed E-state index contributed by atoms with van der Waals surface area (Å²) in [7, 11) is 3.71. The Bertz CT molecular complexity index is 642. The highest BCUT2D eigenvalue weighted by Crippen LogP contribution is 2.24. The van der Waals surface area contributed by atoms with Crippen LogP contribution in [-0.4, -0.2) is 63.1 Å². The first kappa shape index (κ1) is 21.3. The number of rotatable bonds is 8. The summed E-state index contributed by atoms with van der Waals surface area (Å²) in [4.78, 5) is 39.5. The number of benzene rings is 1. The van der Waals surface area contributed by atoms with Crippen LogP contribution in [-0.2, 0) is 9.53 Å². The number of hydrogen-bond acceptors (Lipinski definition) is 5. The number of esters is 1. The maximum atomic E-state index is 12.8. The molecule has 0 aliphatic carbocycles. The van der Waals surface area contributed by atoms with E-state index in [1.807, 2.05) is 32.8 Å². The maximum Gasteiger partial charge on any atom is 0.325 e. The van der Waals surface area contributed by atoms with Crippen LogP contribution in [0, 0.1) is 0 Å². The Labute approximate surface area is 154 Å². The summed E-state index contributed by atoms with van der Waals surface area (Å²) in [6.45, 7) is 6.76. The maximum absolute atomic E-state index is 12.8. The molecule has 8 heteroatoms. The summed E-state index contributed by atoms with van der Waals surface area (Å²) < 4.78 is 4.75. The molecule has 0 saturated carbocycles. The first-order valence-electron chi connectivity index (χ1n) is 8.65. The van der Waals surface area contributed by atoms with Crippen LogP contribution in [0.1, 0.15) is 31.1 Å². The number of nitrogens with zero attached hydrogens (tertiary/aromatic N) is 2. The summed E-state index contributed by atoms with van der Waals surface area (Å²) in [6.07, 6.45) is 0. The van der Waals surface area contributed by atoms with Crippen LogP contribution in [0.2, 0.25) is 0 Å². The van der Waals surface area contributed by atoms with Crippen molar-refractivity contribution in [2.45, 2.75) is 20.8 Å². The van der Waals surface area contributed by atoms with E-state index in [4.69, 9.17) is 4.74 Å². The summed E-state index contributed by atoms with van der Waals surface area (Å²) in [5.41, 5.74) is 1.73. The van der Waals surface area contributed by atoms with Crippen LogP contribution in [0.15, 0.2) is 18.2 Å². The van der Waals surface area contributed by atoms with Gasteiger partial charge in [-0.3, -0.25) is 9.59 Å². The van der Waals surface area contributed by atoms with Crippen LogP contribution >= 0.6 is 0 Å². The molecule has 8 nitrogen and oxygen atoms in total. The summed E-state index contributed by atoms with van der Waals surface area (Å²) in [6, 6.07) is 4.58. The summed E-state index contributed by atoms with van der Waals surface area (Å²) in [5, 5.41) is 5.05. The van der Waals surface area contributed by atoms with E-state index in [9.17, 15) is 14.4 Å². The van der Waals surface area contributed by atoms with Crippen molar-refractivity contribution in [2.24, 2.45) is 0 Å². The van der Waals surface area contributed by atoms with Gasteiger partial charge in [0.15, 0.2) is 0 Å². The molecule has 0 aliphatic heterocycles. The second kappa shape index (κ2) is 10.3. The molecule has 26 heavy (non-hydrogen) atoms. The Morgan fingerprint density at radius 2 is 1.73 bits per heavy atom. The molecular formula is C18H28N4O4. The zero-order valence-electron chi connectivity index (χ0n) is 16.1. The number of urea groups is 1. The van der Waals surface area contributed by atoms with E-state index in [1.165, 1.54) is 0 Å². The lowest BCUT2D eigenvalue weighted by Crippen LogP contribution is -2.34. The van der Waals surface area contributed by atoms with E-state index >= 15 is 0 Å². The normalized spacial score (nSPS) is 10.0. The van der Waals surface area contributed by atoms with E-state index in [-0.39, 0.29) is 19.1 Å². The van der Waals surface area contributed by atoms with Gasteiger partial charge in [-0.05, 0) is 39.0 Å². The standard InChI is InChI=1S/C18H28N4O4/c1-6-22(7-2)17(24)14-11-13(9-10-15(14)21(4)5)20-18(25)19-12-16(23)26-8-3/h9-11H,6-8,12H2,1-5H3,(H2,19,20,25). The van der Waals surface area contributed by atoms with Crippen LogP contribution < -0.4 is 15.5 Å². The zero-order chi connectivity index (χ0) is 19.7. The van der Waals surface area contributed by atoms with Crippen molar-refractivity contribution >= 4 is 29.3 Å². The molecule has 0 bridgehead atoms. The van der Waals surface area contributed by atoms with E-state index in [1.54, 1.807) is 30.0 Å². The van der Waals surface area contributed by atoms with Gasteiger partial charge in [0.1, 0.15) is 6.54 Å². The molecule has 1 rings (SSSR count). The number of carbonyl (C=O) groups is 3. The van der Waals surface area contributed by atoms with E-state index < -0.39 is 12.0 Å². The fourth-order valence-electron chi connectivity index (χ4n) is 2.40. The van der Waals surface area contributed by atoms with Gasteiger partial charge in [0.25, 0.3) is 5.91 Å². The van der Waals surface area contributed by atoms with Crippen LogP contribution in [0.5, 0.6) is 0 Å². The molecule has 1 aromatic carbocycles. The lowest BCUT2D eigenvalue weighted by molar-refractivity contribution is -0.141. The molecule has 2 N–H and O–H groups in total. The van der Waals surface area contributed by atoms with E-state index in [2.05, 4.69) is 10.6 Å². The number of amides is 3. The van der Waals surface area contributed by atoms with Crippen molar-refractivity contribution in [1.29, 1.82) is 0 Å². The van der Waals surface area contributed by atoms with E-state index in [0.29, 0.717) is 24.3 Å². The molecule has 0 unspecified atom stereocenters. The Balaban J connectivity index is 2.94. The molecule has 0 radical (unpaired) electrons. The van der Waals surface area contributed by atoms with Gasteiger partial charge in [-0.2, -0.15) is 0 Å². The zero-order valence-corrected chi connectivity index (χ0v) is 16.1. The number of carbonyl (C=O) groups excluding carboxylic acids is 3. The minimum Gasteiger partial charge on any atom is -0.465 e. The van der Waals surface area contributed by atoms with Crippen molar-refractivity contribution in [2.75, 3.05) is 50.6 Å². The van der Waals surface area contributed by atoms with Gasteiger partial charge < -0.3 is 25.2 Å². The molecule has 0 aliphatic rings. The van der Waals surface area contributed by atoms with Gasteiger partial charge in [0, 0.05) is 38.6 Å². The highest BCUT2D eigenvalue weighted by Gasteiger charge is 2.19. The van der Waals surface area contributed by atoms with Crippen LogP contribution in [0.3, 0.4) is 0 Å². The highest BCUT2D eigenvalue weighted by atomic mass is 16.5. The Kier molecular flexibility index (Phi) is 8.41. The van der Waals surface area contributed by atoms with E-state index in [0.717, 1.165) is 5.69 Å². The van der Waals surface area contributed by atoms with Crippen molar-refractivity contribution in [3.63, 3.8) is 0 Å². The van der Waals surface area contributed by atoms with Gasteiger partial charge in [0.2, 0.25) is 0 Å². The predicted molar refractivity (Wildman–Crippen MR) is 102 cm³/mol. The third-order valence-electron chi connectivity index (χ3n) is 3.72. The quantitative estimate of drug-likeness (QED) is 0.688. The fourth-order valence-corrected chi connectivity index (χ4v) is 2.40. The van der Waals surface area contributed by atoms with Gasteiger partial charge in [-0.15, -0.1) is 0 Å². The van der Waals surface area contributed by atoms with Gasteiger partial charge >= 0.3 is 12.0 Å². The summed E-state index contributed by atoms with van der Waals surface area (Å²) >= 11 is 0. The molecule has 0 saturated heterocycles. The molecule has 0 aromatic heterocycles. The van der Waals surface area contributed by atoms with Gasteiger partial charge in [-0.1, -0.05) is 0 Å². The van der Waals surface area contributed by atoms with Crippen LogP contribution in [0.25, 0.3) is 0 Å². The average Bonchev–Trinajstić information content (AvgIpc) is 2.61. The van der Waals surface area contributed by atoms with Gasteiger partial charge in [0.05, 0.1) is 12.2 Å². The van der Waals surface area contributed by atoms with Crippen LogP contribution in [0.4, 0.5) is 16.2 Å². The Hall–Kier alpha value is -2.77. The third-order valence-corrected chi connectivity index (χ3v) is 3.72. The molecule has 3 amide bonds. The number of hydrogen-bond donors (Lipinski definition) is 2. The van der Waals surface area contributed by atoms with Crippen molar-refractivity contribution in [1.82, 2.24) is 10.2 Å². The SMILES string of the molecule is CCOC(=O)CNC(=O)Nc1ccc(N(C)C)c(C(=O)N(CC)CC)c1. The smallest absolute Gasteiger partial charge is 0.325 e. The largest absolute Gasteiger partial charge is 0.465 e. The predicted octanol–water partition coefficient (Wildman–Crippen LogP) is 1.92. The van der Waals surface area contributed by atoms with Crippen molar-refractivity contribution < 1.29 is 19.1 Å². The summed E-state index contributed by atoms with van der Waals surface area (Å²) in [5.74, 6) is -0.614. The molecule has 1 aromatic rings. The topological polar surface area (TPSA) is 91.0 Å². The highest BCUT2D eigenvalue weighted by molar-refractivity contribution is 6.02. The molecule has 0 fully saturated rings. The second-order valence-electron chi connectivity index (χ2n) is 5.72. The second-order valence-corrected chi connectivity index (χ2v) is 5.72. The minimum absolute atomic E-state index is 0.103. The molecule has 0 heterocycles. The molecule has 0 spiro atoms. The lowest BCUT2D eigenvalue weighted by atomic mass is 10.1.